The molecule has 0 aliphatic carbocycles. The van der Waals surface area contributed by atoms with Gasteiger partial charge in [-0.1, -0.05) is 0 Å². The highest BCUT2D eigenvalue weighted by atomic mass is 16.5. The van der Waals surface area contributed by atoms with E-state index in [0.717, 1.165) is 12.8 Å². The van der Waals surface area contributed by atoms with Crippen LogP contribution in [0, 0.1) is 12.1 Å². The number of rotatable bonds is 2. The summed E-state index contributed by atoms with van der Waals surface area (Å²) in [7, 11) is 0. The van der Waals surface area contributed by atoms with E-state index in [2.05, 4.69) is 0 Å². The molecule has 0 amide bonds. The van der Waals surface area contributed by atoms with Crippen molar-refractivity contribution < 1.29 is 19.3 Å². The Labute approximate surface area is 121 Å². The molecule has 0 atom stereocenters. The Morgan fingerprint density at radius 1 is 1.29 bits per heavy atom. The zero-order valence-electron chi connectivity index (χ0n) is 11.8. The van der Waals surface area contributed by atoms with Crippen molar-refractivity contribution in [1.29, 1.82) is 0 Å². The quantitative estimate of drug-likeness (QED) is 0.382. The summed E-state index contributed by atoms with van der Waals surface area (Å²) in [6.07, 6.45) is 1.67. The predicted molar refractivity (Wildman–Crippen MR) is 76.9 cm³/mol. The Bertz CT molecular complexity index is 759. The van der Waals surface area contributed by atoms with Crippen molar-refractivity contribution in [2.45, 2.75) is 26.3 Å². The first-order chi connectivity index (χ1) is 9.89. The lowest BCUT2D eigenvalue weighted by Gasteiger charge is -2.38. The van der Waals surface area contributed by atoms with Crippen molar-refractivity contribution in [3.05, 3.63) is 38.9 Å². The number of aryl methyl sites for hydroxylation is 1. The molecular weight excluding hydrogens is 274 g/mol. The molecule has 0 spiro atoms. The van der Waals surface area contributed by atoms with Crippen molar-refractivity contribution >= 4 is 11.0 Å². The van der Waals surface area contributed by atoms with Crippen LogP contribution in [0.15, 0.2) is 21.3 Å². The minimum atomic E-state index is -0.537. The first-order valence-electron chi connectivity index (χ1n) is 6.95. The number of likely N-dealkylation sites (tertiary alicyclic amines) is 1. The smallest absolute Gasteiger partial charge is 0.336 e. The van der Waals surface area contributed by atoms with Crippen LogP contribution in [0.2, 0.25) is 0 Å². The van der Waals surface area contributed by atoms with Crippen LogP contribution in [0.3, 0.4) is 0 Å². The van der Waals surface area contributed by atoms with Gasteiger partial charge in [0.25, 0.3) is 0 Å². The highest BCUT2D eigenvalue weighted by molar-refractivity contribution is 5.87. The van der Waals surface area contributed by atoms with Gasteiger partial charge in [0, 0.05) is 24.3 Å². The van der Waals surface area contributed by atoms with Gasteiger partial charge in [0.2, 0.25) is 0 Å². The molecule has 2 aromatic rings. The third-order valence-corrected chi connectivity index (χ3v) is 4.12. The Kier molecular flexibility index (Phi) is 3.15. The highest BCUT2D eigenvalue weighted by Gasteiger charge is 2.28. The van der Waals surface area contributed by atoms with E-state index < -0.39 is 10.3 Å². The molecule has 21 heavy (non-hydrogen) atoms. The number of phenols is 2. The summed E-state index contributed by atoms with van der Waals surface area (Å²) in [5.41, 5.74) is 0.500. The van der Waals surface area contributed by atoms with Crippen molar-refractivity contribution in [2.75, 3.05) is 13.1 Å². The Morgan fingerprint density at radius 3 is 2.62 bits per heavy atom. The number of phenolic OH excluding ortho intramolecular Hbond substituents is 2. The fourth-order valence-electron chi connectivity index (χ4n) is 2.99. The van der Waals surface area contributed by atoms with Gasteiger partial charge in [0.05, 0.1) is 18.7 Å². The molecule has 6 nitrogen and oxygen atoms in total. The van der Waals surface area contributed by atoms with E-state index in [0.29, 0.717) is 24.0 Å². The molecule has 0 bridgehead atoms. The monoisotopic (exact) mass is 291 g/mol. The maximum atomic E-state index is 12.6. The fourth-order valence-corrected chi connectivity index (χ4v) is 2.99. The second-order valence-corrected chi connectivity index (χ2v) is 5.72. The van der Waals surface area contributed by atoms with Gasteiger partial charge < -0.3 is 24.5 Å². The van der Waals surface area contributed by atoms with Gasteiger partial charge in [0.15, 0.2) is 17.1 Å². The van der Waals surface area contributed by atoms with E-state index in [1.807, 2.05) is 0 Å². The first-order valence-corrected chi connectivity index (χ1v) is 6.95. The molecular formula is C15H17NO5. The molecule has 1 fully saturated rings. The number of benzene rings is 1. The van der Waals surface area contributed by atoms with Gasteiger partial charge in [0.1, 0.15) is 6.54 Å². The van der Waals surface area contributed by atoms with Crippen LogP contribution in [0.1, 0.15) is 24.0 Å². The molecule has 1 saturated heterocycles. The number of fused-ring (bicyclic) bond motifs is 1. The largest absolute Gasteiger partial charge is 0.633 e. The molecule has 3 rings (SSSR count). The zero-order valence-corrected chi connectivity index (χ0v) is 11.8. The second-order valence-electron chi connectivity index (χ2n) is 5.72. The van der Waals surface area contributed by atoms with E-state index in [4.69, 9.17) is 4.42 Å². The number of hydrogen-bond donors (Lipinski definition) is 2. The summed E-state index contributed by atoms with van der Waals surface area (Å²) < 4.78 is 4.72. The standard InChI is InChI=1S/C15H17NO5/c1-9-6-13(18)21-15-10(9)7-12(17)14(19)11(15)8-16(20)4-2-3-5-16/h6-7,17,19H,2-5,8H2,1H3. The summed E-state index contributed by atoms with van der Waals surface area (Å²) in [5, 5.41) is 33.1. The molecule has 2 heterocycles. The van der Waals surface area contributed by atoms with E-state index in [9.17, 15) is 20.2 Å². The lowest BCUT2D eigenvalue weighted by Crippen LogP contribution is -2.37. The van der Waals surface area contributed by atoms with Gasteiger partial charge in [-0.2, -0.15) is 0 Å². The molecule has 112 valence electrons. The van der Waals surface area contributed by atoms with Crippen molar-refractivity contribution in [1.82, 2.24) is 0 Å². The Morgan fingerprint density at radius 2 is 1.95 bits per heavy atom. The summed E-state index contributed by atoms with van der Waals surface area (Å²) >= 11 is 0. The average Bonchev–Trinajstić information content (AvgIpc) is 2.83. The first kappa shape index (κ1) is 13.9. The Hall–Kier alpha value is -2.05. The average molecular weight is 291 g/mol. The van der Waals surface area contributed by atoms with Gasteiger partial charge in [-0.15, -0.1) is 0 Å². The normalized spacial score (nSPS) is 17.4. The van der Waals surface area contributed by atoms with Crippen LogP contribution in [0.5, 0.6) is 11.5 Å². The highest BCUT2D eigenvalue weighted by Crippen LogP contribution is 2.38. The zero-order chi connectivity index (χ0) is 15.2. The van der Waals surface area contributed by atoms with Gasteiger partial charge in [-0.05, 0) is 18.6 Å². The summed E-state index contributed by atoms with van der Waals surface area (Å²) in [6.45, 7) is 2.64. The van der Waals surface area contributed by atoms with Crippen LogP contribution in [0.25, 0.3) is 11.0 Å². The molecule has 0 saturated carbocycles. The molecule has 2 N–H and O–H groups in total. The third-order valence-electron chi connectivity index (χ3n) is 4.12. The van der Waals surface area contributed by atoms with Gasteiger partial charge in [-0.25, -0.2) is 4.79 Å². The maximum absolute atomic E-state index is 12.6. The van der Waals surface area contributed by atoms with E-state index in [1.165, 1.54) is 12.1 Å². The van der Waals surface area contributed by atoms with Crippen LogP contribution in [-0.4, -0.2) is 27.9 Å². The molecule has 1 aromatic heterocycles. The third kappa shape index (κ3) is 2.36. The minimum absolute atomic E-state index is 0.0108. The van der Waals surface area contributed by atoms with Crippen molar-refractivity contribution in [2.24, 2.45) is 0 Å². The van der Waals surface area contributed by atoms with E-state index in [1.54, 1.807) is 6.92 Å². The van der Waals surface area contributed by atoms with Crippen LogP contribution in [-0.2, 0) is 6.54 Å². The van der Waals surface area contributed by atoms with E-state index >= 15 is 0 Å². The topological polar surface area (TPSA) is 93.7 Å². The molecule has 1 aromatic carbocycles. The maximum Gasteiger partial charge on any atom is 0.336 e. The van der Waals surface area contributed by atoms with Crippen LogP contribution >= 0.6 is 0 Å². The van der Waals surface area contributed by atoms with Crippen LogP contribution in [0.4, 0.5) is 0 Å². The second kappa shape index (κ2) is 4.75. The lowest BCUT2D eigenvalue weighted by molar-refractivity contribution is -0.881. The molecule has 1 aliphatic rings. The lowest BCUT2D eigenvalue weighted by atomic mass is 10.0. The Balaban J connectivity index is 2.24. The van der Waals surface area contributed by atoms with Crippen molar-refractivity contribution in [3.8, 4) is 11.5 Å². The van der Waals surface area contributed by atoms with Gasteiger partial charge in [-0.3, -0.25) is 0 Å². The molecule has 6 heteroatoms. The number of aromatic hydroxyl groups is 2. The predicted octanol–water partition coefficient (Wildman–Crippen LogP) is 2.12. The molecule has 0 radical (unpaired) electrons. The minimum Gasteiger partial charge on any atom is -0.633 e. The molecule has 0 unspecified atom stereocenters. The number of nitrogens with zero attached hydrogens (tertiary/aromatic N) is 1. The number of quaternary nitrogens is 1. The summed E-state index contributed by atoms with van der Waals surface area (Å²) in [4.78, 5) is 11.6. The van der Waals surface area contributed by atoms with E-state index in [-0.39, 0.29) is 29.2 Å². The number of hydroxylamine groups is 3. The number of hydrogen-bond acceptors (Lipinski definition) is 5. The summed E-state index contributed by atoms with van der Waals surface area (Å²) in [5.74, 6) is -0.684. The fraction of sp³-hybridized carbons (Fsp3) is 0.400. The van der Waals surface area contributed by atoms with Gasteiger partial charge >= 0.3 is 5.63 Å². The summed E-state index contributed by atoms with van der Waals surface area (Å²) in [6, 6.07) is 2.67. The van der Waals surface area contributed by atoms with Crippen LogP contribution < -0.4 is 5.63 Å². The van der Waals surface area contributed by atoms with Crippen molar-refractivity contribution in [3.63, 3.8) is 0 Å². The SMILES string of the molecule is Cc1cc(=O)oc2c(C[N+]3([O-])CCCC3)c(O)c(O)cc12. The molecule has 1 aliphatic heterocycles.